The Morgan fingerprint density at radius 2 is 2.18 bits per heavy atom. The fraction of sp³-hybridized carbons (Fsp3) is 0.348. The van der Waals surface area contributed by atoms with Gasteiger partial charge in [0.15, 0.2) is 11.6 Å². The molecule has 2 aromatic heterocycles. The van der Waals surface area contributed by atoms with E-state index < -0.39 is 11.6 Å². The Labute approximate surface area is 195 Å². The van der Waals surface area contributed by atoms with E-state index in [-0.39, 0.29) is 24.6 Å². The minimum Gasteiger partial charge on any atom is -0.454 e. The Kier molecular flexibility index (Phi) is 6.87. The van der Waals surface area contributed by atoms with Crippen LogP contribution in [0.3, 0.4) is 0 Å². The van der Waals surface area contributed by atoms with E-state index >= 15 is 0 Å². The summed E-state index contributed by atoms with van der Waals surface area (Å²) in [7, 11) is 3.65. The van der Waals surface area contributed by atoms with Crippen molar-refractivity contribution >= 4 is 23.1 Å². The molecular weight excluding hydrogens is 445 g/mol. The zero-order valence-electron chi connectivity index (χ0n) is 18.5. The van der Waals surface area contributed by atoms with Gasteiger partial charge in [-0.3, -0.25) is 4.79 Å². The fourth-order valence-corrected chi connectivity index (χ4v) is 4.51. The van der Waals surface area contributed by atoms with Crippen molar-refractivity contribution in [1.82, 2.24) is 20.2 Å². The highest BCUT2D eigenvalue weighted by molar-refractivity contribution is 7.10. The number of amides is 1. The molecule has 0 saturated heterocycles. The minimum absolute atomic E-state index is 0.0496. The molecule has 10 heteroatoms. The quantitative estimate of drug-likeness (QED) is 0.488. The topological polar surface area (TPSA) is 90.8 Å². The standard InChI is InChI=1S/C23H26FN5O3S/c1-25-8-7-23(31,20-4-3-11-33-20)32-19-6-5-16(12-18(19)24)14-29-10-9-28(2)21-17(22(29)30)13-26-15-27-21/h3-6,11-13,15,25,31H,7-10,14H2,1-2H3/t23-/m1/s1. The molecular formula is C23H26FN5O3S. The molecule has 0 spiro atoms. The first kappa shape index (κ1) is 23.1. The second-order valence-electron chi connectivity index (χ2n) is 7.89. The van der Waals surface area contributed by atoms with E-state index in [2.05, 4.69) is 15.3 Å². The highest BCUT2D eigenvalue weighted by atomic mass is 32.1. The number of fused-ring (bicyclic) bond motifs is 1. The van der Waals surface area contributed by atoms with Crippen molar-refractivity contribution in [3.63, 3.8) is 0 Å². The number of aliphatic hydroxyl groups is 1. The highest BCUT2D eigenvalue weighted by Crippen LogP contribution is 2.33. The number of benzene rings is 1. The fourth-order valence-electron chi connectivity index (χ4n) is 3.73. The van der Waals surface area contributed by atoms with Crippen molar-refractivity contribution in [2.24, 2.45) is 0 Å². The molecule has 3 heterocycles. The Balaban J connectivity index is 1.53. The summed E-state index contributed by atoms with van der Waals surface area (Å²) < 4.78 is 20.8. The van der Waals surface area contributed by atoms with Crippen molar-refractivity contribution < 1.29 is 19.0 Å². The van der Waals surface area contributed by atoms with Gasteiger partial charge in [-0.2, -0.15) is 0 Å². The van der Waals surface area contributed by atoms with Gasteiger partial charge in [-0.05, 0) is 36.2 Å². The number of carbonyl (C=O) groups is 1. The molecule has 3 aromatic rings. The van der Waals surface area contributed by atoms with Crippen LogP contribution in [-0.4, -0.2) is 59.6 Å². The number of carbonyl (C=O) groups excluding carboxylic acids is 1. The maximum absolute atomic E-state index is 15.0. The first-order chi connectivity index (χ1) is 15.9. The molecule has 1 aromatic carbocycles. The number of hydrogen-bond acceptors (Lipinski definition) is 8. The monoisotopic (exact) mass is 471 g/mol. The van der Waals surface area contributed by atoms with Crippen LogP contribution in [0.15, 0.2) is 48.2 Å². The molecule has 4 rings (SSSR count). The van der Waals surface area contributed by atoms with Gasteiger partial charge in [0.25, 0.3) is 5.91 Å². The maximum atomic E-state index is 15.0. The van der Waals surface area contributed by atoms with Crippen LogP contribution in [-0.2, 0) is 12.3 Å². The van der Waals surface area contributed by atoms with E-state index in [9.17, 15) is 14.3 Å². The molecule has 33 heavy (non-hydrogen) atoms. The molecule has 1 atom stereocenters. The van der Waals surface area contributed by atoms with E-state index in [0.717, 1.165) is 0 Å². The van der Waals surface area contributed by atoms with Gasteiger partial charge in [0.2, 0.25) is 5.79 Å². The summed E-state index contributed by atoms with van der Waals surface area (Å²) in [6.45, 7) is 1.78. The third kappa shape index (κ3) is 4.97. The summed E-state index contributed by atoms with van der Waals surface area (Å²) in [5.74, 6) is -1.91. The number of likely N-dealkylation sites (N-methyl/N-ethyl adjacent to an activating group) is 1. The van der Waals surface area contributed by atoms with Crippen LogP contribution in [0.1, 0.15) is 27.2 Å². The maximum Gasteiger partial charge on any atom is 0.259 e. The Morgan fingerprint density at radius 3 is 2.91 bits per heavy atom. The summed E-state index contributed by atoms with van der Waals surface area (Å²) in [5, 5.41) is 15.9. The van der Waals surface area contributed by atoms with Crippen molar-refractivity contribution in [2.45, 2.75) is 18.8 Å². The number of nitrogens with zero attached hydrogens (tertiary/aromatic N) is 4. The number of nitrogens with one attached hydrogen (secondary N) is 1. The van der Waals surface area contributed by atoms with Crippen molar-refractivity contribution in [1.29, 1.82) is 0 Å². The van der Waals surface area contributed by atoms with E-state index in [1.54, 1.807) is 24.1 Å². The van der Waals surface area contributed by atoms with Crippen LogP contribution >= 0.6 is 11.3 Å². The molecule has 0 unspecified atom stereocenters. The van der Waals surface area contributed by atoms with Crippen LogP contribution in [0.25, 0.3) is 0 Å². The summed E-state index contributed by atoms with van der Waals surface area (Å²) in [6.07, 6.45) is 3.18. The van der Waals surface area contributed by atoms with Crippen LogP contribution in [0.5, 0.6) is 5.75 Å². The first-order valence-corrected chi connectivity index (χ1v) is 11.5. The average Bonchev–Trinajstić information content (AvgIpc) is 3.34. The van der Waals surface area contributed by atoms with Gasteiger partial charge in [0.1, 0.15) is 17.7 Å². The lowest BCUT2D eigenvalue weighted by molar-refractivity contribution is -0.149. The Morgan fingerprint density at radius 1 is 1.33 bits per heavy atom. The Hall–Kier alpha value is -3.08. The van der Waals surface area contributed by atoms with E-state index in [1.807, 2.05) is 23.4 Å². The largest absolute Gasteiger partial charge is 0.454 e. The number of ether oxygens (including phenoxy) is 1. The predicted octanol–water partition coefficient (Wildman–Crippen LogP) is 2.60. The lowest BCUT2D eigenvalue weighted by Crippen LogP contribution is -2.35. The predicted molar refractivity (Wildman–Crippen MR) is 124 cm³/mol. The van der Waals surface area contributed by atoms with Gasteiger partial charge in [0, 0.05) is 45.8 Å². The third-order valence-electron chi connectivity index (χ3n) is 5.54. The zero-order chi connectivity index (χ0) is 23.4. The zero-order valence-corrected chi connectivity index (χ0v) is 19.3. The van der Waals surface area contributed by atoms with Gasteiger partial charge in [-0.1, -0.05) is 12.1 Å². The first-order valence-electron chi connectivity index (χ1n) is 10.6. The SMILES string of the molecule is CNCC[C@@](O)(Oc1ccc(CN2CCN(C)c3ncncc3C2=O)cc1F)c1cccs1. The average molecular weight is 472 g/mol. The number of anilines is 1. The molecule has 0 saturated carbocycles. The lowest BCUT2D eigenvalue weighted by Gasteiger charge is -2.28. The van der Waals surface area contributed by atoms with E-state index in [1.165, 1.54) is 36.0 Å². The number of hydrogen-bond donors (Lipinski definition) is 2. The van der Waals surface area contributed by atoms with Crippen LogP contribution in [0.4, 0.5) is 10.2 Å². The molecule has 1 amide bonds. The summed E-state index contributed by atoms with van der Waals surface area (Å²) in [5.41, 5.74) is 1.04. The second-order valence-corrected chi connectivity index (χ2v) is 8.84. The molecule has 1 aliphatic heterocycles. The number of halogens is 1. The molecule has 0 radical (unpaired) electrons. The third-order valence-corrected chi connectivity index (χ3v) is 6.55. The minimum atomic E-state index is -1.64. The molecule has 1 aliphatic rings. The molecule has 8 nitrogen and oxygen atoms in total. The second kappa shape index (κ2) is 9.82. The number of thiophene rings is 1. The van der Waals surface area contributed by atoms with E-state index in [4.69, 9.17) is 4.74 Å². The van der Waals surface area contributed by atoms with Crippen molar-refractivity contribution in [3.05, 3.63) is 70.1 Å². The lowest BCUT2D eigenvalue weighted by atomic mass is 10.1. The van der Waals surface area contributed by atoms with Crippen LogP contribution in [0.2, 0.25) is 0 Å². The van der Waals surface area contributed by atoms with Gasteiger partial charge in [0.05, 0.1) is 4.88 Å². The van der Waals surface area contributed by atoms with Crippen molar-refractivity contribution in [2.75, 3.05) is 38.6 Å². The van der Waals surface area contributed by atoms with Gasteiger partial charge in [-0.15, -0.1) is 11.3 Å². The number of rotatable bonds is 8. The van der Waals surface area contributed by atoms with Gasteiger partial charge >= 0.3 is 0 Å². The molecule has 2 N–H and O–H groups in total. The molecule has 0 fully saturated rings. The van der Waals surface area contributed by atoms with Crippen molar-refractivity contribution in [3.8, 4) is 5.75 Å². The smallest absolute Gasteiger partial charge is 0.259 e. The van der Waals surface area contributed by atoms with Gasteiger partial charge in [-0.25, -0.2) is 14.4 Å². The Bertz CT molecular complexity index is 1110. The molecule has 174 valence electrons. The summed E-state index contributed by atoms with van der Waals surface area (Å²) in [4.78, 5) is 25.4. The van der Waals surface area contributed by atoms with Gasteiger partial charge < -0.3 is 25.0 Å². The van der Waals surface area contributed by atoms with Crippen LogP contribution in [0, 0.1) is 5.82 Å². The van der Waals surface area contributed by atoms with E-state index in [0.29, 0.717) is 41.5 Å². The molecule has 0 bridgehead atoms. The highest BCUT2D eigenvalue weighted by Gasteiger charge is 2.33. The van der Waals surface area contributed by atoms with Crippen LogP contribution < -0.4 is 15.0 Å². The summed E-state index contributed by atoms with van der Waals surface area (Å²) in [6, 6.07) is 8.11. The number of aromatic nitrogens is 2. The summed E-state index contributed by atoms with van der Waals surface area (Å²) >= 11 is 1.35. The molecule has 0 aliphatic carbocycles. The normalized spacial score (nSPS) is 15.7.